The Morgan fingerprint density at radius 1 is 1.13 bits per heavy atom. The number of nitrogens with zero attached hydrogens (tertiary/aromatic N) is 3. The lowest BCUT2D eigenvalue weighted by Crippen LogP contribution is -2.15. The second kappa shape index (κ2) is 9.71. The minimum Gasteiger partial charge on any atom is -0.456 e. The van der Waals surface area contributed by atoms with Crippen LogP contribution in [0, 0.1) is 26.6 Å². The molecular weight excluding hydrogens is 507 g/mol. The second-order valence-electron chi connectivity index (χ2n) is 8.81. The van der Waals surface area contributed by atoms with Crippen molar-refractivity contribution in [2.45, 2.75) is 20.8 Å². The Bertz CT molecular complexity index is 1780. The molecule has 1 N–H and O–H groups in total. The normalized spacial score (nSPS) is 11.1. The monoisotopic (exact) mass is 530 g/mol. The van der Waals surface area contributed by atoms with Crippen molar-refractivity contribution in [1.82, 2.24) is 14.8 Å². The molecule has 2 aromatic carbocycles. The minimum absolute atomic E-state index is 0.189. The number of hydrogen-bond donors (Lipinski definition) is 1. The van der Waals surface area contributed by atoms with Crippen molar-refractivity contribution in [2.75, 3.05) is 5.32 Å². The van der Waals surface area contributed by atoms with Crippen LogP contribution in [0.2, 0.25) is 0 Å². The van der Waals surface area contributed by atoms with Gasteiger partial charge in [-0.1, -0.05) is 6.58 Å². The summed E-state index contributed by atoms with van der Waals surface area (Å²) in [6.07, 6.45) is 2.90. The smallest absolute Gasteiger partial charge is 0.259 e. The van der Waals surface area contributed by atoms with Crippen molar-refractivity contribution < 1.29 is 18.3 Å². The molecule has 3 aromatic heterocycles. The molecule has 5 aromatic rings. The van der Waals surface area contributed by atoms with Crippen LogP contribution in [-0.2, 0) is 11.8 Å². The van der Waals surface area contributed by atoms with Crippen molar-refractivity contribution in [1.29, 1.82) is 0 Å². The van der Waals surface area contributed by atoms with Gasteiger partial charge in [0, 0.05) is 37.0 Å². The summed E-state index contributed by atoms with van der Waals surface area (Å²) in [5.41, 5.74) is 2.89. The fraction of sp³-hybridized carbons (Fsp3) is 0.143. The van der Waals surface area contributed by atoms with Crippen LogP contribution in [0.15, 0.2) is 64.5 Å². The summed E-state index contributed by atoms with van der Waals surface area (Å²) in [5.74, 6) is 0.991. The van der Waals surface area contributed by atoms with Crippen LogP contribution in [0.5, 0.6) is 11.5 Å². The zero-order chi connectivity index (χ0) is 27.1. The molecule has 5 rings (SSSR count). The van der Waals surface area contributed by atoms with Crippen molar-refractivity contribution in [3.63, 3.8) is 0 Å². The van der Waals surface area contributed by atoms with E-state index in [1.165, 1.54) is 34.1 Å². The predicted octanol–water partition coefficient (Wildman–Crippen LogP) is 6.30. The lowest BCUT2D eigenvalue weighted by Gasteiger charge is -2.17. The van der Waals surface area contributed by atoms with Gasteiger partial charge in [0.25, 0.3) is 11.4 Å². The Balaban J connectivity index is 1.75. The van der Waals surface area contributed by atoms with Crippen molar-refractivity contribution in [3.8, 4) is 33.4 Å². The molecule has 0 spiro atoms. The first kappa shape index (κ1) is 25.1. The summed E-state index contributed by atoms with van der Waals surface area (Å²) < 4.78 is 28.1. The van der Waals surface area contributed by atoms with E-state index in [0.717, 1.165) is 0 Å². The fourth-order valence-electron chi connectivity index (χ4n) is 4.21. The average molecular weight is 531 g/mol. The second-order valence-corrected chi connectivity index (χ2v) is 9.87. The van der Waals surface area contributed by atoms with E-state index in [-0.39, 0.29) is 17.3 Å². The third-order valence-corrected chi connectivity index (χ3v) is 7.10. The summed E-state index contributed by atoms with van der Waals surface area (Å²) >= 11 is 1.34. The molecule has 38 heavy (non-hydrogen) atoms. The molecule has 0 aliphatic carbocycles. The average Bonchev–Trinajstić information content (AvgIpc) is 3.51. The summed E-state index contributed by atoms with van der Waals surface area (Å²) in [6, 6.07) is 9.74. The number of aromatic nitrogens is 3. The molecule has 0 unspecified atom stereocenters. The highest BCUT2D eigenvalue weighted by Gasteiger charge is 2.21. The Labute approximate surface area is 221 Å². The standard InChI is InChI=1S/C28H23FN4O4S/c1-6-24(34)30-18-7-8-22(37-25-14(2)9-17(29)10-15(25)3)19(11-18)21-13-33(5)28(35)20-12-23(38-26(20)21)27-32-31-16(4)36-27/h6-13H,1H2,2-5H3,(H,30,34). The van der Waals surface area contributed by atoms with Gasteiger partial charge in [0.2, 0.25) is 11.8 Å². The number of thiophene rings is 1. The maximum absolute atomic E-state index is 13.9. The SMILES string of the molecule is C=CC(=O)Nc1ccc(Oc2c(C)cc(F)cc2C)c(-c2cn(C)c(=O)c3cc(-c4nnc(C)o4)sc23)c1. The number of carbonyl (C=O) groups excluding carboxylic acids is 1. The largest absolute Gasteiger partial charge is 0.456 e. The van der Waals surface area contributed by atoms with E-state index in [1.807, 2.05) is 0 Å². The van der Waals surface area contributed by atoms with Crippen LogP contribution >= 0.6 is 11.3 Å². The van der Waals surface area contributed by atoms with Crippen LogP contribution in [0.3, 0.4) is 0 Å². The van der Waals surface area contributed by atoms with Crippen LogP contribution in [0.4, 0.5) is 10.1 Å². The summed E-state index contributed by atoms with van der Waals surface area (Å²) in [7, 11) is 1.66. The van der Waals surface area contributed by atoms with Crippen molar-refractivity contribution in [2.24, 2.45) is 7.05 Å². The van der Waals surface area contributed by atoms with Gasteiger partial charge in [0.15, 0.2) is 0 Å². The first-order valence-corrected chi connectivity index (χ1v) is 12.4. The number of hydrogen-bond acceptors (Lipinski definition) is 7. The van der Waals surface area contributed by atoms with Crippen LogP contribution in [-0.4, -0.2) is 20.7 Å². The molecule has 0 fully saturated rings. The number of halogens is 1. The molecule has 0 bridgehead atoms. The van der Waals surface area contributed by atoms with Gasteiger partial charge in [-0.15, -0.1) is 21.5 Å². The van der Waals surface area contributed by atoms with Crippen molar-refractivity contribution >= 4 is 33.0 Å². The Morgan fingerprint density at radius 2 is 1.87 bits per heavy atom. The number of aryl methyl sites for hydroxylation is 4. The van der Waals surface area contributed by atoms with Gasteiger partial charge in [0.1, 0.15) is 17.3 Å². The number of nitrogens with one attached hydrogen (secondary N) is 1. The van der Waals surface area contributed by atoms with E-state index in [1.54, 1.807) is 58.3 Å². The number of pyridine rings is 1. The van der Waals surface area contributed by atoms with Gasteiger partial charge >= 0.3 is 0 Å². The molecule has 1 amide bonds. The minimum atomic E-state index is -0.370. The predicted molar refractivity (Wildman–Crippen MR) is 145 cm³/mol. The molecule has 10 heteroatoms. The van der Waals surface area contributed by atoms with E-state index < -0.39 is 0 Å². The zero-order valence-electron chi connectivity index (χ0n) is 21.1. The van der Waals surface area contributed by atoms with Gasteiger partial charge < -0.3 is 19.0 Å². The molecule has 0 saturated carbocycles. The Hall–Kier alpha value is -4.57. The summed E-state index contributed by atoms with van der Waals surface area (Å²) in [4.78, 5) is 25.8. The number of rotatable bonds is 6. The summed E-state index contributed by atoms with van der Waals surface area (Å²) in [5, 5.41) is 11.2. The molecule has 0 atom stereocenters. The van der Waals surface area contributed by atoms with Crippen LogP contribution < -0.4 is 15.6 Å². The molecule has 8 nitrogen and oxygen atoms in total. The number of ether oxygens (including phenoxy) is 1. The maximum Gasteiger partial charge on any atom is 0.259 e. The number of carbonyl (C=O) groups is 1. The molecule has 192 valence electrons. The van der Waals surface area contributed by atoms with Gasteiger partial charge in [-0.05, 0) is 67.4 Å². The lowest BCUT2D eigenvalue weighted by atomic mass is 10.0. The lowest BCUT2D eigenvalue weighted by molar-refractivity contribution is -0.111. The van der Waals surface area contributed by atoms with E-state index in [0.29, 0.717) is 66.2 Å². The highest BCUT2D eigenvalue weighted by Crippen LogP contribution is 2.43. The highest BCUT2D eigenvalue weighted by atomic mass is 32.1. The first-order chi connectivity index (χ1) is 18.1. The van der Waals surface area contributed by atoms with E-state index in [9.17, 15) is 14.0 Å². The molecule has 3 heterocycles. The Morgan fingerprint density at radius 3 is 2.53 bits per heavy atom. The Kier molecular flexibility index (Phi) is 6.41. The quantitative estimate of drug-likeness (QED) is 0.259. The number of fused-ring (bicyclic) bond motifs is 1. The zero-order valence-corrected chi connectivity index (χ0v) is 21.9. The molecule has 0 aliphatic rings. The first-order valence-electron chi connectivity index (χ1n) is 11.6. The number of amides is 1. The van der Waals surface area contributed by atoms with Gasteiger partial charge in [-0.2, -0.15) is 0 Å². The van der Waals surface area contributed by atoms with Gasteiger partial charge in [-0.3, -0.25) is 9.59 Å². The molecular formula is C28H23FN4O4S. The molecule has 0 aliphatic heterocycles. The van der Waals surface area contributed by atoms with Crippen LogP contribution in [0.25, 0.3) is 32.0 Å². The summed E-state index contributed by atoms with van der Waals surface area (Å²) in [6.45, 7) is 8.74. The maximum atomic E-state index is 13.9. The topological polar surface area (TPSA) is 99.2 Å². The molecule has 0 saturated heterocycles. The number of anilines is 1. The van der Waals surface area contributed by atoms with E-state index in [4.69, 9.17) is 9.15 Å². The van der Waals surface area contributed by atoms with Gasteiger partial charge in [0.05, 0.1) is 15.0 Å². The fourth-order valence-corrected chi connectivity index (χ4v) is 5.31. The van der Waals surface area contributed by atoms with Gasteiger partial charge in [-0.25, -0.2) is 4.39 Å². The van der Waals surface area contributed by atoms with E-state index in [2.05, 4.69) is 22.1 Å². The third-order valence-electron chi connectivity index (χ3n) is 5.95. The highest BCUT2D eigenvalue weighted by molar-refractivity contribution is 7.22. The van der Waals surface area contributed by atoms with Crippen molar-refractivity contribution in [3.05, 3.63) is 88.4 Å². The number of benzene rings is 2. The molecule has 0 radical (unpaired) electrons. The van der Waals surface area contributed by atoms with E-state index >= 15 is 0 Å². The third kappa shape index (κ3) is 4.61. The van der Waals surface area contributed by atoms with Crippen LogP contribution in [0.1, 0.15) is 17.0 Å².